The molecule has 2 nitrogen and oxygen atoms in total. The molecule has 0 aliphatic heterocycles. The van der Waals surface area contributed by atoms with E-state index in [1.165, 1.54) is 0 Å². The van der Waals surface area contributed by atoms with Crippen molar-refractivity contribution >= 4 is 35.2 Å². The van der Waals surface area contributed by atoms with Crippen LogP contribution in [0.3, 0.4) is 0 Å². The zero-order valence-electron chi connectivity index (χ0n) is 5.16. The van der Waals surface area contributed by atoms with Crippen LogP contribution in [0.15, 0.2) is 24.3 Å². The molecule has 0 aromatic heterocycles. The topological polar surface area (TPSA) is 40.5 Å². The molecule has 0 fully saturated rings. The monoisotopic (exact) mass is 252 g/mol. The predicted molar refractivity (Wildman–Crippen MR) is 53.2 cm³/mol. The van der Waals surface area contributed by atoms with E-state index in [1.807, 2.05) is 12.1 Å². The molecule has 0 unspecified atom stereocenters. The second kappa shape index (κ2) is 3.36. The highest BCUT2D eigenvalue weighted by atomic mass is 127. The van der Waals surface area contributed by atoms with Gasteiger partial charge in [0, 0.05) is 6.42 Å². The molecule has 1 rings (SSSR count). The van der Waals surface area contributed by atoms with Crippen molar-refractivity contribution in [3.63, 3.8) is 0 Å². The number of hydrogen-bond donors (Lipinski definition) is 2. The van der Waals surface area contributed by atoms with Crippen LogP contribution in [0.25, 0.3) is 0 Å². The fourth-order valence-electron chi connectivity index (χ4n) is 0.635. The van der Waals surface area contributed by atoms with Gasteiger partial charge in [0.2, 0.25) is 0 Å². The maximum absolute atomic E-state index is 8.67. The number of benzene rings is 1. The molecular formula is C6H10BIO2. The van der Waals surface area contributed by atoms with Gasteiger partial charge in [-0.05, 0) is 40.2 Å². The lowest BCUT2D eigenvalue weighted by Crippen LogP contribution is -2.29. The normalized spacial score (nSPS) is 9.50. The molecular weight excluding hydrogens is 242 g/mol. The molecule has 2 N–H and O–H groups in total. The second-order valence-electron chi connectivity index (χ2n) is 1.93. The van der Waals surface area contributed by atoms with Gasteiger partial charge in [0.25, 0.3) is 0 Å². The molecule has 0 bridgehead atoms. The Labute approximate surface area is 76.1 Å². The van der Waals surface area contributed by atoms with E-state index in [-0.39, 0.29) is 2.85 Å². The van der Waals surface area contributed by atoms with Gasteiger partial charge in [0.05, 0.1) is 0 Å². The Bertz CT molecular complexity index is 217. The van der Waals surface area contributed by atoms with E-state index in [4.69, 9.17) is 10.0 Å². The van der Waals surface area contributed by atoms with Crippen LogP contribution in [0.2, 0.25) is 0 Å². The van der Waals surface area contributed by atoms with Crippen molar-refractivity contribution in [2.24, 2.45) is 0 Å². The quantitative estimate of drug-likeness (QED) is 0.563. The highest BCUT2D eigenvalue weighted by molar-refractivity contribution is 14.1. The van der Waals surface area contributed by atoms with Crippen molar-refractivity contribution in [3.8, 4) is 0 Å². The Balaban J connectivity index is 0. The van der Waals surface area contributed by atoms with Gasteiger partial charge in [0.1, 0.15) is 0 Å². The number of rotatable bonds is 1. The van der Waals surface area contributed by atoms with Gasteiger partial charge in [-0.1, -0.05) is 12.1 Å². The van der Waals surface area contributed by atoms with Gasteiger partial charge < -0.3 is 10.0 Å². The minimum atomic E-state index is -1.35. The third-order valence-corrected chi connectivity index (χ3v) is 1.89. The minimum absolute atomic E-state index is 0. The molecule has 0 aliphatic rings. The largest absolute Gasteiger partial charge is 0.488 e. The lowest BCUT2D eigenvalue weighted by atomic mass is 9.81. The summed E-state index contributed by atoms with van der Waals surface area (Å²) in [6, 6.07) is 7.03. The molecule has 56 valence electrons. The van der Waals surface area contributed by atoms with Crippen LogP contribution in [0.4, 0.5) is 0 Å². The summed E-state index contributed by atoms with van der Waals surface area (Å²) in [5.41, 5.74) is 0.528. The number of halogens is 1. The Hall–Kier alpha value is -0.0651. The zero-order valence-corrected chi connectivity index (χ0v) is 7.32. The van der Waals surface area contributed by atoms with E-state index in [0.29, 0.717) is 5.46 Å². The van der Waals surface area contributed by atoms with E-state index in [2.05, 4.69) is 22.6 Å². The average molecular weight is 252 g/mol. The summed E-state index contributed by atoms with van der Waals surface area (Å²) in [4.78, 5) is 0. The molecule has 10 heavy (non-hydrogen) atoms. The summed E-state index contributed by atoms with van der Waals surface area (Å²) in [6.07, 6.45) is 0. The summed E-state index contributed by atoms with van der Waals surface area (Å²) in [7, 11) is -1.35. The van der Waals surface area contributed by atoms with Gasteiger partial charge in [0.15, 0.2) is 0 Å². The third-order valence-electron chi connectivity index (χ3n) is 1.17. The fourth-order valence-corrected chi connectivity index (χ4v) is 0.994. The van der Waals surface area contributed by atoms with Gasteiger partial charge in [-0.2, -0.15) is 0 Å². The van der Waals surface area contributed by atoms with Crippen molar-refractivity contribution < 1.29 is 12.9 Å². The first-order valence-electron chi connectivity index (χ1n) is 2.82. The Kier molecular flexibility index (Phi) is 2.70. The van der Waals surface area contributed by atoms with Crippen LogP contribution in [-0.4, -0.2) is 17.2 Å². The highest BCUT2D eigenvalue weighted by Gasteiger charge is 2.08. The second-order valence-corrected chi connectivity index (χ2v) is 3.17. The highest BCUT2D eigenvalue weighted by Crippen LogP contribution is 1.99. The van der Waals surface area contributed by atoms with Gasteiger partial charge in [-0.15, -0.1) is 0 Å². The molecule has 0 heterocycles. The molecule has 1 aromatic rings. The van der Waals surface area contributed by atoms with Crippen LogP contribution in [0, 0.1) is 3.57 Å². The molecule has 0 aliphatic carbocycles. The maximum atomic E-state index is 8.67. The molecule has 0 radical (unpaired) electrons. The van der Waals surface area contributed by atoms with E-state index < -0.39 is 7.12 Å². The lowest BCUT2D eigenvalue weighted by Gasteiger charge is -1.96. The van der Waals surface area contributed by atoms with E-state index in [1.54, 1.807) is 12.1 Å². The van der Waals surface area contributed by atoms with E-state index in [0.717, 1.165) is 3.57 Å². The first kappa shape index (κ1) is 8.04. The zero-order chi connectivity index (χ0) is 7.56. The summed E-state index contributed by atoms with van der Waals surface area (Å²) < 4.78 is 1.09. The SMILES string of the molecule is OB(O)c1ccc(I)cc1.[HH].[HH]. The Morgan fingerprint density at radius 3 is 2.10 bits per heavy atom. The van der Waals surface area contributed by atoms with Gasteiger partial charge in [-0.3, -0.25) is 0 Å². The first-order chi connectivity index (χ1) is 4.70. The Morgan fingerprint density at radius 2 is 1.70 bits per heavy atom. The van der Waals surface area contributed by atoms with Gasteiger partial charge >= 0.3 is 7.12 Å². The smallest absolute Gasteiger partial charge is 0.423 e. The lowest BCUT2D eigenvalue weighted by molar-refractivity contribution is 0.426. The van der Waals surface area contributed by atoms with Crippen LogP contribution < -0.4 is 5.46 Å². The van der Waals surface area contributed by atoms with E-state index >= 15 is 0 Å². The fraction of sp³-hybridized carbons (Fsp3) is 0. The molecule has 4 heteroatoms. The summed E-state index contributed by atoms with van der Waals surface area (Å²) in [5, 5.41) is 17.3. The summed E-state index contributed by atoms with van der Waals surface area (Å²) >= 11 is 2.16. The van der Waals surface area contributed by atoms with Crippen LogP contribution >= 0.6 is 22.6 Å². The summed E-state index contributed by atoms with van der Waals surface area (Å²) in [6.45, 7) is 0. The molecule has 0 saturated carbocycles. The van der Waals surface area contributed by atoms with Crippen LogP contribution in [0.1, 0.15) is 2.85 Å². The molecule has 1 aromatic carbocycles. The van der Waals surface area contributed by atoms with Crippen molar-refractivity contribution in [1.82, 2.24) is 0 Å². The van der Waals surface area contributed by atoms with Crippen molar-refractivity contribution in [2.75, 3.05) is 0 Å². The van der Waals surface area contributed by atoms with Crippen LogP contribution in [-0.2, 0) is 0 Å². The summed E-state index contributed by atoms with van der Waals surface area (Å²) in [5.74, 6) is 0. The number of hydrogen-bond acceptors (Lipinski definition) is 2. The van der Waals surface area contributed by atoms with E-state index in [9.17, 15) is 0 Å². The van der Waals surface area contributed by atoms with Crippen molar-refractivity contribution in [3.05, 3.63) is 27.8 Å². The van der Waals surface area contributed by atoms with Crippen LogP contribution in [0.5, 0.6) is 0 Å². The predicted octanol–water partition coefficient (Wildman–Crippen LogP) is 0.463. The molecule has 0 atom stereocenters. The molecule has 0 spiro atoms. The van der Waals surface area contributed by atoms with Crippen molar-refractivity contribution in [1.29, 1.82) is 0 Å². The van der Waals surface area contributed by atoms with Gasteiger partial charge in [-0.25, -0.2) is 0 Å². The molecule has 0 saturated heterocycles. The third kappa shape index (κ3) is 1.97. The standard InChI is InChI=1S/C6H6BIO2.2H2/c8-6-3-1-5(2-4-6)7(9)10;;/h1-4,9-10H;2*1H. The minimum Gasteiger partial charge on any atom is -0.423 e. The maximum Gasteiger partial charge on any atom is 0.488 e. The first-order valence-corrected chi connectivity index (χ1v) is 3.89. The Morgan fingerprint density at radius 1 is 1.20 bits per heavy atom. The van der Waals surface area contributed by atoms with Crippen molar-refractivity contribution in [2.45, 2.75) is 0 Å². The average Bonchev–Trinajstić information content (AvgIpc) is 1.88. The molecule has 0 amide bonds.